The molecule has 0 unspecified atom stereocenters. The summed E-state index contributed by atoms with van der Waals surface area (Å²) in [6.07, 6.45) is 0. The smallest absolute Gasteiger partial charge is 0.342 e. The van der Waals surface area contributed by atoms with Crippen LogP contribution in [0.15, 0.2) is 34.7 Å². The van der Waals surface area contributed by atoms with Crippen LogP contribution in [0.5, 0.6) is 23.0 Å². The monoisotopic (exact) mass is 400 g/mol. The van der Waals surface area contributed by atoms with Crippen LogP contribution >= 0.6 is 0 Å². The quantitative estimate of drug-likeness (QED) is 0.598. The Morgan fingerprint density at radius 2 is 1.76 bits per heavy atom. The summed E-state index contributed by atoms with van der Waals surface area (Å²) in [6.45, 7) is 1.44. The minimum atomic E-state index is -0.696. The van der Waals surface area contributed by atoms with Crippen LogP contribution in [0.25, 0.3) is 11.5 Å². The fourth-order valence-corrected chi connectivity index (χ4v) is 2.66. The molecule has 0 radical (unpaired) electrons. The lowest BCUT2D eigenvalue weighted by Gasteiger charge is -2.12. The molecule has 0 saturated heterocycles. The first kappa shape index (κ1) is 20.0. The first-order valence-electron chi connectivity index (χ1n) is 8.57. The van der Waals surface area contributed by atoms with E-state index in [2.05, 4.69) is 10.2 Å². The number of para-hydroxylation sites is 1. The lowest BCUT2D eigenvalue weighted by atomic mass is 10.1. The summed E-state index contributed by atoms with van der Waals surface area (Å²) in [5, 5.41) is 17.8. The van der Waals surface area contributed by atoms with Gasteiger partial charge in [0, 0.05) is 5.56 Å². The summed E-state index contributed by atoms with van der Waals surface area (Å²) >= 11 is 0. The molecule has 0 spiro atoms. The number of carbonyl (C=O) groups is 1. The summed E-state index contributed by atoms with van der Waals surface area (Å²) in [5.41, 5.74) is 1.18. The molecule has 0 saturated carbocycles. The van der Waals surface area contributed by atoms with Gasteiger partial charge in [0.25, 0.3) is 5.89 Å². The number of esters is 1. The minimum absolute atomic E-state index is 0.0642. The van der Waals surface area contributed by atoms with Gasteiger partial charge in [-0.2, -0.15) is 0 Å². The van der Waals surface area contributed by atoms with Crippen molar-refractivity contribution in [3.63, 3.8) is 0 Å². The number of carbonyl (C=O) groups excluding carboxylic acids is 1. The Bertz CT molecular complexity index is 1000. The van der Waals surface area contributed by atoms with Crippen LogP contribution in [0.3, 0.4) is 0 Å². The Balaban J connectivity index is 1.77. The summed E-state index contributed by atoms with van der Waals surface area (Å²) in [7, 11) is 4.51. The van der Waals surface area contributed by atoms with E-state index in [0.717, 1.165) is 0 Å². The second-order valence-electron chi connectivity index (χ2n) is 5.96. The van der Waals surface area contributed by atoms with Gasteiger partial charge in [-0.25, -0.2) is 4.79 Å². The molecular formula is C20H20N2O7. The molecule has 9 nitrogen and oxygen atoms in total. The van der Waals surface area contributed by atoms with Crippen molar-refractivity contribution in [2.24, 2.45) is 0 Å². The number of benzene rings is 2. The number of phenolic OH excluding ortho intramolecular Hbond substituents is 1. The molecule has 1 aromatic heterocycles. The third-order valence-corrected chi connectivity index (χ3v) is 4.16. The normalized spacial score (nSPS) is 10.5. The summed E-state index contributed by atoms with van der Waals surface area (Å²) < 4.78 is 26.6. The Morgan fingerprint density at radius 1 is 1.07 bits per heavy atom. The fraction of sp³-hybridized carbons (Fsp3) is 0.250. The molecule has 0 bridgehead atoms. The average Bonchev–Trinajstić information content (AvgIpc) is 3.21. The lowest BCUT2D eigenvalue weighted by molar-refractivity contribution is 0.0435. The Labute approximate surface area is 166 Å². The second kappa shape index (κ2) is 8.51. The molecule has 0 aliphatic carbocycles. The van der Waals surface area contributed by atoms with Gasteiger partial charge in [-0.05, 0) is 30.7 Å². The topological polar surface area (TPSA) is 113 Å². The van der Waals surface area contributed by atoms with Gasteiger partial charge in [-0.15, -0.1) is 10.2 Å². The summed E-state index contributed by atoms with van der Waals surface area (Å²) in [5.74, 6) is 0.763. The molecule has 1 heterocycles. The largest absolute Gasteiger partial charge is 0.507 e. The maximum atomic E-state index is 12.2. The van der Waals surface area contributed by atoms with Gasteiger partial charge in [-0.1, -0.05) is 12.1 Å². The number of nitrogens with zero attached hydrogens (tertiary/aromatic N) is 2. The molecule has 0 amide bonds. The predicted octanol–water partition coefficient (Wildman–Crippen LogP) is 3.13. The lowest BCUT2D eigenvalue weighted by Crippen LogP contribution is -2.06. The Kier molecular flexibility index (Phi) is 5.87. The van der Waals surface area contributed by atoms with E-state index >= 15 is 0 Å². The highest BCUT2D eigenvalue weighted by atomic mass is 16.5. The zero-order valence-electron chi connectivity index (χ0n) is 16.4. The first-order chi connectivity index (χ1) is 14.0. The van der Waals surface area contributed by atoms with E-state index in [1.807, 2.05) is 0 Å². The van der Waals surface area contributed by atoms with Crippen LogP contribution in [0.2, 0.25) is 0 Å². The molecular weight excluding hydrogens is 380 g/mol. The minimum Gasteiger partial charge on any atom is -0.507 e. The average molecular weight is 400 g/mol. The number of aromatic hydroxyl groups is 1. The molecule has 0 fully saturated rings. The number of aryl methyl sites for hydroxylation is 1. The van der Waals surface area contributed by atoms with Crippen molar-refractivity contribution in [3.05, 3.63) is 47.3 Å². The van der Waals surface area contributed by atoms with Crippen molar-refractivity contribution in [1.82, 2.24) is 10.2 Å². The molecule has 1 N–H and O–H groups in total. The number of ether oxygens (including phenoxy) is 4. The number of hydrogen-bond acceptors (Lipinski definition) is 9. The molecule has 9 heteroatoms. The Hall–Kier alpha value is -3.75. The third kappa shape index (κ3) is 4.08. The van der Waals surface area contributed by atoms with Gasteiger partial charge in [0.05, 0.1) is 21.3 Å². The zero-order valence-corrected chi connectivity index (χ0v) is 16.4. The van der Waals surface area contributed by atoms with Crippen molar-refractivity contribution in [3.8, 4) is 34.5 Å². The van der Waals surface area contributed by atoms with Gasteiger partial charge in [0.15, 0.2) is 18.1 Å². The van der Waals surface area contributed by atoms with Crippen molar-refractivity contribution in [2.75, 3.05) is 21.3 Å². The maximum absolute atomic E-state index is 12.2. The number of aromatic nitrogens is 2. The molecule has 0 aliphatic rings. The van der Waals surface area contributed by atoms with Crippen LogP contribution in [-0.2, 0) is 11.3 Å². The Morgan fingerprint density at radius 3 is 2.38 bits per heavy atom. The highest BCUT2D eigenvalue weighted by Gasteiger charge is 2.19. The third-order valence-electron chi connectivity index (χ3n) is 4.16. The van der Waals surface area contributed by atoms with Crippen LogP contribution in [-0.4, -0.2) is 42.6 Å². The first-order valence-corrected chi connectivity index (χ1v) is 8.57. The van der Waals surface area contributed by atoms with E-state index in [-0.39, 0.29) is 29.7 Å². The zero-order chi connectivity index (χ0) is 21.0. The van der Waals surface area contributed by atoms with Crippen molar-refractivity contribution in [1.29, 1.82) is 0 Å². The molecule has 3 rings (SSSR count). The van der Waals surface area contributed by atoms with Gasteiger partial charge < -0.3 is 28.5 Å². The highest BCUT2D eigenvalue weighted by molar-refractivity contribution is 5.92. The van der Waals surface area contributed by atoms with E-state index < -0.39 is 5.97 Å². The summed E-state index contributed by atoms with van der Waals surface area (Å²) in [6, 6.07) is 8.14. The van der Waals surface area contributed by atoms with Crippen molar-refractivity contribution in [2.45, 2.75) is 13.5 Å². The SMILES string of the molecule is COc1cc(-c2nnc(COC(=O)c3cccc(C)c3O)o2)cc(OC)c1OC. The van der Waals surface area contributed by atoms with Gasteiger partial charge in [0.2, 0.25) is 11.6 Å². The number of methoxy groups -OCH3 is 3. The van der Waals surface area contributed by atoms with Crippen LogP contribution in [0.4, 0.5) is 0 Å². The number of rotatable bonds is 7. The van der Waals surface area contributed by atoms with Crippen molar-refractivity contribution >= 4 is 5.97 Å². The summed E-state index contributed by atoms with van der Waals surface area (Å²) in [4.78, 5) is 12.2. The second-order valence-corrected chi connectivity index (χ2v) is 5.96. The maximum Gasteiger partial charge on any atom is 0.342 e. The highest BCUT2D eigenvalue weighted by Crippen LogP contribution is 2.40. The number of phenols is 1. The molecule has 29 heavy (non-hydrogen) atoms. The van der Waals surface area contributed by atoms with E-state index in [9.17, 15) is 9.90 Å². The van der Waals surface area contributed by atoms with Crippen LogP contribution in [0.1, 0.15) is 21.8 Å². The number of hydrogen-bond donors (Lipinski definition) is 1. The molecule has 152 valence electrons. The van der Waals surface area contributed by atoms with E-state index in [1.54, 1.807) is 31.2 Å². The van der Waals surface area contributed by atoms with Gasteiger partial charge in [-0.3, -0.25) is 0 Å². The molecule has 0 aliphatic heterocycles. The van der Waals surface area contributed by atoms with E-state index in [4.69, 9.17) is 23.4 Å². The molecule has 0 atom stereocenters. The standard InChI is InChI=1S/C20H20N2O7/c1-11-6-5-7-13(17(11)23)20(24)28-10-16-21-22-19(29-16)12-8-14(25-2)18(27-4)15(9-12)26-3/h5-9,23H,10H2,1-4H3. The van der Waals surface area contributed by atoms with E-state index in [1.165, 1.54) is 27.4 Å². The van der Waals surface area contributed by atoms with Gasteiger partial charge in [0.1, 0.15) is 11.3 Å². The molecule has 2 aromatic carbocycles. The van der Waals surface area contributed by atoms with E-state index in [0.29, 0.717) is 28.4 Å². The van der Waals surface area contributed by atoms with Gasteiger partial charge >= 0.3 is 5.97 Å². The van der Waals surface area contributed by atoms with Crippen molar-refractivity contribution < 1.29 is 33.3 Å². The predicted molar refractivity (Wildman–Crippen MR) is 101 cm³/mol. The molecule has 3 aromatic rings. The van der Waals surface area contributed by atoms with Crippen LogP contribution in [0, 0.1) is 6.92 Å². The fourth-order valence-electron chi connectivity index (χ4n) is 2.66. The van der Waals surface area contributed by atoms with Crippen LogP contribution < -0.4 is 14.2 Å².